The lowest BCUT2D eigenvalue weighted by molar-refractivity contribution is 0.581. The molecule has 0 spiro atoms. The smallest absolute Gasteiger partial charge is 0.243 e. The van der Waals surface area contributed by atoms with Crippen LogP contribution in [0.25, 0.3) is 0 Å². The van der Waals surface area contributed by atoms with Gasteiger partial charge >= 0.3 is 0 Å². The zero-order chi connectivity index (χ0) is 13.9. The van der Waals surface area contributed by atoms with Crippen LogP contribution in [0.4, 0.5) is 0 Å². The molecule has 0 aliphatic carbocycles. The topological polar surface area (TPSA) is 72.0 Å². The van der Waals surface area contributed by atoms with E-state index in [1.807, 2.05) is 5.38 Å². The molecule has 0 fully saturated rings. The fraction of sp³-hybridized carbons (Fsp3) is 0.200. The third-order valence-electron chi connectivity index (χ3n) is 2.18. The highest BCUT2D eigenvalue weighted by molar-refractivity contribution is 9.10. The first-order chi connectivity index (χ1) is 8.99. The average Bonchev–Trinajstić information content (AvgIpc) is 2.85. The van der Waals surface area contributed by atoms with Crippen molar-refractivity contribution in [3.63, 3.8) is 0 Å². The van der Waals surface area contributed by atoms with Crippen molar-refractivity contribution in [3.8, 4) is 0 Å². The van der Waals surface area contributed by atoms with E-state index >= 15 is 0 Å². The van der Waals surface area contributed by atoms with Gasteiger partial charge in [0.25, 0.3) is 0 Å². The van der Waals surface area contributed by atoms with Crippen LogP contribution in [0.5, 0.6) is 0 Å². The highest BCUT2D eigenvalue weighted by atomic mass is 79.9. The number of hydrogen-bond acceptors (Lipinski definition) is 5. The van der Waals surface area contributed by atoms with Gasteiger partial charge in [-0.1, -0.05) is 11.6 Å². The number of sulfonamides is 1. The van der Waals surface area contributed by atoms with Crippen LogP contribution in [0.1, 0.15) is 5.01 Å². The van der Waals surface area contributed by atoms with Gasteiger partial charge in [0.05, 0.1) is 5.01 Å². The van der Waals surface area contributed by atoms with Crippen LogP contribution in [0, 0.1) is 0 Å². The largest absolute Gasteiger partial charge is 0.250 e. The average molecular weight is 383 g/mol. The summed E-state index contributed by atoms with van der Waals surface area (Å²) >= 11 is 10.4. The predicted molar refractivity (Wildman–Crippen MR) is 78.0 cm³/mol. The zero-order valence-electron chi connectivity index (χ0n) is 9.51. The number of nitrogens with zero attached hydrogens (tertiary/aromatic N) is 2. The van der Waals surface area contributed by atoms with Crippen molar-refractivity contribution >= 4 is 48.9 Å². The molecule has 0 aliphatic heterocycles. The minimum atomic E-state index is -3.66. The number of hydrogen-bond donors (Lipinski definition) is 1. The molecule has 102 valence electrons. The summed E-state index contributed by atoms with van der Waals surface area (Å²) in [5.41, 5.74) is 0. The summed E-state index contributed by atoms with van der Waals surface area (Å²) in [7, 11) is -3.66. The molecule has 9 heteroatoms. The summed E-state index contributed by atoms with van der Waals surface area (Å²) in [5, 5.41) is 2.67. The molecule has 0 saturated heterocycles. The molecule has 19 heavy (non-hydrogen) atoms. The van der Waals surface area contributed by atoms with Crippen molar-refractivity contribution in [2.24, 2.45) is 0 Å². The van der Waals surface area contributed by atoms with Crippen molar-refractivity contribution in [3.05, 3.63) is 38.5 Å². The molecule has 0 radical (unpaired) electrons. The van der Waals surface area contributed by atoms with E-state index in [-0.39, 0.29) is 16.6 Å². The van der Waals surface area contributed by atoms with E-state index < -0.39 is 10.0 Å². The number of nitrogens with one attached hydrogen (secondary N) is 1. The molecule has 0 saturated carbocycles. The van der Waals surface area contributed by atoms with Crippen LogP contribution < -0.4 is 4.72 Å². The molecule has 2 rings (SSSR count). The third-order valence-corrected chi connectivity index (χ3v) is 5.34. The molecule has 0 aliphatic rings. The number of thiazole rings is 1. The van der Waals surface area contributed by atoms with Crippen LogP contribution >= 0.6 is 38.9 Å². The van der Waals surface area contributed by atoms with Crippen molar-refractivity contribution in [1.29, 1.82) is 0 Å². The Kier molecular flexibility index (Phi) is 4.91. The number of pyridine rings is 1. The summed E-state index contributed by atoms with van der Waals surface area (Å²) in [6, 6.07) is 1.42. The van der Waals surface area contributed by atoms with Crippen molar-refractivity contribution in [1.82, 2.24) is 14.7 Å². The Bertz CT molecular complexity index is 661. The molecule has 0 amide bonds. The lowest BCUT2D eigenvalue weighted by atomic mass is 10.5. The molecule has 0 bridgehead atoms. The first kappa shape index (κ1) is 14.9. The number of rotatable bonds is 5. The Morgan fingerprint density at radius 3 is 2.89 bits per heavy atom. The van der Waals surface area contributed by atoms with Gasteiger partial charge < -0.3 is 0 Å². The van der Waals surface area contributed by atoms with Gasteiger partial charge in [0.2, 0.25) is 10.0 Å². The summed E-state index contributed by atoms with van der Waals surface area (Å²) in [6.45, 7) is 0.263. The van der Waals surface area contributed by atoms with Gasteiger partial charge in [-0.05, 0) is 22.0 Å². The van der Waals surface area contributed by atoms with Crippen LogP contribution in [-0.4, -0.2) is 24.9 Å². The maximum Gasteiger partial charge on any atom is 0.243 e. The maximum atomic E-state index is 12.1. The van der Waals surface area contributed by atoms with Gasteiger partial charge in [-0.2, -0.15) is 0 Å². The van der Waals surface area contributed by atoms with E-state index in [2.05, 4.69) is 30.6 Å². The van der Waals surface area contributed by atoms with Gasteiger partial charge in [-0.25, -0.2) is 23.1 Å². The lowest BCUT2D eigenvalue weighted by Gasteiger charge is -2.07. The molecule has 0 aromatic carbocycles. The molecular weight excluding hydrogens is 374 g/mol. The minimum Gasteiger partial charge on any atom is -0.250 e. The summed E-state index contributed by atoms with van der Waals surface area (Å²) in [6.07, 6.45) is 3.66. The molecule has 2 aromatic heterocycles. The van der Waals surface area contributed by atoms with Gasteiger partial charge in [-0.3, -0.25) is 0 Å². The molecule has 2 heterocycles. The SMILES string of the molecule is O=S(=O)(NCCc1nccs1)c1cc(Br)cnc1Cl. The molecular formula is C10H9BrClN3O2S2. The monoisotopic (exact) mass is 381 g/mol. The van der Waals surface area contributed by atoms with E-state index in [1.54, 1.807) is 6.20 Å². The van der Waals surface area contributed by atoms with Gasteiger partial charge in [0, 0.05) is 35.2 Å². The fourth-order valence-corrected chi connectivity index (χ4v) is 3.93. The molecule has 0 unspecified atom stereocenters. The Labute approximate surface area is 128 Å². The first-order valence-corrected chi connectivity index (χ1v) is 8.71. The molecule has 2 aromatic rings. The quantitative estimate of drug-likeness (QED) is 0.806. The standard InChI is InChI=1S/C10H9BrClN3O2S2/c11-7-5-8(10(12)14-6-7)19(16,17)15-2-1-9-13-3-4-18-9/h3-6,15H,1-2H2. The van der Waals surface area contributed by atoms with E-state index in [0.717, 1.165) is 5.01 Å². The third kappa shape index (κ3) is 3.96. The molecule has 5 nitrogen and oxygen atoms in total. The normalized spacial score (nSPS) is 11.7. The Hall–Kier alpha value is -0.540. The second-order valence-electron chi connectivity index (χ2n) is 3.52. The van der Waals surface area contributed by atoms with Gasteiger partial charge in [-0.15, -0.1) is 11.3 Å². The van der Waals surface area contributed by atoms with Crippen LogP contribution in [0.15, 0.2) is 33.2 Å². The van der Waals surface area contributed by atoms with Crippen molar-refractivity contribution in [2.75, 3.05) is 6.54 Å². The van der Waals surface area contributed by atoms with Gasteiger partial charge in [0.15, 0.2) is 0 Å². The molecule has 1 N–H and O–H groups in total. The second-order valence-corrected chi connectivity index (χ2v) is 7.50. The van der Waals surface area contributed by atoms with E-state index in [4.69, 9.17) is 11.6 Å². The maximum absolute atomic E-state index is 12.1. The second kappa shape index (κ2) is 6.27. The highest BCUT2D eigenvalue weighted by Gasteiger charge is 2.18. The van der Waals surface area contributed by atoms with Gasteiger partial charge in [0.1, 0.15) is 10.0 Å². The Morgan fingerprint density at radius 2 is 2.21 bits per heavy atom. The Morgan fingerprint density at radius 1 is 1.42 bits per heavy atom. The van der Waals surface area contributed by atoms with Crippen molar-refractivity contribution in [2.45, 2.75) is 11.3 Å². The van der Waals surface area contributed by atoms with Crippen molar-refractivity contribution < 1.29 is 8.42 Å². The zero-order valence-corrected chi connectivity index (χ0v) is 13.5. The number of aromatic nitrogens is 2. The van der Waals surface area contributed by atoms with E-state index in [1.165, 1.54) is 23.6 Å². The first-order valence-electron chi connectivity index (χ1n) is 5.18. The Balaban J connectivity index is 2.07. The van der Waals surface area contributed by atoms with Crippen LogP contribution in [0.3, 0.4) is 0 Å². The predicted octanol–water partition coefficient (Wildman–Crippen LogP) is 2.48. The molecule has 0 atom stereocenters. The minimum absolute atomic E-state index is 0.0392. The van der Waals surface area contributed by atoms with E-state index in [0.29, 0.717) is 10.9 Å². The summed E-state index contributed by atoms with van der Waals surface area (Å²) in [4.78, 5) is 7.83. The fourth-order valence-electron chi connectivity index (χ4n) is 1.34. The van der Waals surface area contributed by atoms with Crippen LogP contribution in [0.2, 0.25) is 5.15 Å². The summed E-state index contributed by atoms with van der Waals surface area (Å²) < 4.78 is 27.1. The van der Waals surface area contributed by atoms with Crippen LogP contribution in [-0.2, 0) is 16.4 Å². The lowest BCUT2D eigenvalue weighted by Crippen LogP contribution is -2.26. The highest BCUT2D eigenvalue weighted by Crippen LogP contribution is 2.22. The number of halogens is 2. The van der Waals surface area contributed by atoms with E-state index in [9.17, 15) is 8.42 Å². The summed E-state index contributed by atoms with van der Waals surface area (Å²) in [5.74, 6) is 0.